The SMILES string of the molecule is CC(=O)OC[C@H](OC(C)=O)[C@@H](OC(C)=O)[C@@H](OC(C)=O)C(=O)Nc1ccccc1. The molecule has 1 amide bonds. The van der Waals surface area contributed by atoms with E-state index in [4.69, 9.17) is 18.9 Å². The summed E-state index contributed by atoms with van der Waals surface area (Å²) in [5.41, 5.74) is 0.389. The van der Waals surface area contributed by atoms with Gasteiger partial charge in [-0.2, -0.15) is 0 Å². The third-order valence-corrected chi connectivity index (χ3v) is 3.33. The number of hydrogen-bond acceptors (Lipinski definition) is 9. The molecule has 1 aromatic rings. The van der Waals surface area contributed by atoms with Gasteiger partial charge in [0.1, 0.15) is 6.61 Å². The Hall–Kier alpha value is -3.43. The number of anilines is 1. The van der Waals surface area contributed by atoms with Crippen LogP contribution in [0.15, 0.2) is 30.3 Å². The zero-order valence-electron chi connectivity index (χ0n) is 16.5. The third kappa shape index (κ3) is 8.87. The lowest BCUT2D eigenvalue weighted by Crippen LogP contribution is -2.52. The van der Waals surface area contributed by atoms with Gasteiger partial charge in [0.2, 0.25) is 6.10 Å². The molecule has 3 atom stereocenters. The van der Waals surface area contributed by atoms with Crippen LogP contribution >= 0.6 is 0 Å². The molecule has 0 aliphatic carbocycles. The smallest absolute Gasteiger partial charge is 0.303 e. The Balaban J connectivity index is 3.24. The van der Waals surface area contributed by atoms with E-state index < -0.39 is 54.7 Å². The van der Waals surface area contributed by atoms with E-state index in [2.05, 4.69) is 5.32 Å². The summed E-state index contributed by atoms with van der Waals surface area (Å²) < 4.78 is 20.1. The molecule has 0 saturated carbocycles. The van der Waals surface area contributed by atoms with E-state index in [0.29, 0.717) is 5.69 Å². The van der Waals surface area contributed by atoms with E-state index in [0.717, 1.165) is 27.7 Å². The van der Waals surface area contributed by atoms with Crippen LogP contribution in [0.5, 0.6) is 0 Å². The second kappa shape index (κ2) is 11.4. The highest BCUT2D eigenvalue weighted by atomic mass is 16.6. The minimum Gasteiger partial charge on any atom is -0.462 e. The van der Waals surface area contributed by atoms with Gasteiger partial charge in [-0.05, 0) is 12.1 Å². The first-order valence-corrected chi connectivity index (χ1v) is 8.61. The van der Waals surface area contributed by atoms with Crippen LogP contribution < -0.4 is 5.32 Å². The average molecular weight is 409 g/mol. The highest BCUT2D eigenvalue weighted by Crippen LogP contribution is 2.17. The summed E-state index contributed by atoms with van der Waals surface area (Å²) in [7, 11) is 0. The highest BCUT2D eigenvalue weighted by molar-refractivity contribution is 5.96. The zero-order valence-corrected chi connectivity index (χ0v) is 16.5. The molecule has 0 spiro atoms. The summed E-state index contributed by atoms with van der Waals surface area (Å²) in [6.45, 7) is 3.79. The van der Waals surface area contributed by atoms with Gasteiger partial charge in [0.25, 0.3) is 5.91 Å². The van der Waals surface area contributed by atoms with Crippen molar-refractivity contribution < 1.29 is 42.9 Å². The predicted octanol–water partition coefficient (Wildman–Crippen LogP) is 0.983. The second-order valence-electron chi connectivity index (χ2n) is 5.91. The molecule has 10 heteroatoms. The fourth-order valence-corrected chi connectivity index (χ4v) is 2.32. The van der Waals surface area contributed by atoms with Gasteiger partial charge in [0.05, 0.1) is 0 Å². The van der Waals surface area contributed by atoms with E-state index in [1.54, 1.807) is 30.3 Å². The highest BCUT2D eigenvalue weighted by Gasteiger charge is 2.42. The maximum Gasteiger partial charge on any atom is 0.303 e. The molecule has 29 heavy (non-hydrogen) atoms. The fraction of sp³-hybridized carbons (Fsp3) is 0.421. The molecule has 1 aromatic carbocycles. The van der Waals surface area contributed by atoms with Crippen LogP contribution in [0.2, 0.25) is 0 Å². The van der Waals surface area contributed by atoms with Crippen LogP contribution in [0, 0.1) is 0 Å². The van der Waals surface area contributed by atoms with E-state index >= 15 is 0 Å². The summed E-state index contributed by atoms with van der Waals surface area (Å²) in [5.74, 6) is -3.99. The summed E-state index contributed by atoms with van der Waals surface area (Å²) in [5, 5.41) is 2.52. The first-order valence-electron chi connectivity index (χ1n) is 8.61. The van der Waals surface area contributed by atoms with Gasteiger partial charge in [-0.25, -0.2) is 0 Å². The van der Waals surface area contributed by atoms with Gasteiger partial charge in [-0.15, -0.1) is 0 Å². The normalized spacial score (nSPS) is 13.2. The number of carbonyl (C=O) groups excluding carboxylic acids is 5. The van der Waals surface area contributed by atoms with E-state index in [9.17, 15) is 24.0 Å². The number of carbonyl (C=O) groups is 5. The lowest BCUT2D eigenvalue weighted by molar-refractivity contribution is -0.190. The molecule has 0 heterocycles. The first-order chi connectivity index (χ1) is 13.6. The van der Waals surface area contributed by atoms with Crippen LogP contribution in [0.1, 0.15) is 27.7 Å². The number of esters is 4. The summed E-state index contributed by atoms with van der Waals surface area (Å²) in [6.07, 6.45) is -4.65. The van der Waals surface area contributed by atoms with Crippen LogP contribution in [0.3, 0.4) is 0 Å². The monoisotopic (exact) mass is 409 g/mol. The Bertz CT molecular complexity index is 747. The van der Waals surface area contributed by atoms with Gasteiger partial charge < -0.3 is 24.3 Å². The molecule has 1 N–H and O–H groups in total. The maximum atomic E-state index is 12.8. The molecule has 0 fully saturated rings. The number of benzene rings is 1. The van der Waals surface area contributed by atoms with E-state index in [1.165, 1.54) is 0 Å². The summed E-state index contributed by atoms with van der Waals surface area (Å²) in [4.78, 5) is 58.6. The molecule has 1 rings (SSSR count). The van der Waals surface area contributed by atoms with E-state index in [1.807, 2.05) is 0 Å². The summed E-state index contributed by atoms with van der Waals surface area (Å²) >= 11 is 0. The zero-order chi connectivity index (χ0) is 22.0. The minimum absolute atomic E-state index is 0.389. The molecule has 10 nitrogen and oxygen atoms in total. The number of amides is 1. The van der Waals surface area contributed by atoms with Crippen molar-refractivity contribution in [2.24, 2.45) is 0 Å². The number of nitrogens with one attached hydrogen (secondary N) is 1. The quantitative estimate of drug-likeness (QED) is 0.468. The molecule has 0 bridgehead atoms. The molecular formula is C19H23NO9. The Labute approximate surface area is 167 Å². The van der Waals surface area contributed by atoms with Crippen molar-refractivity contribution in [3.05, 3.63) is 30.3 Å². The molecule has 0 radical (unpaired) electrons. The Morgan fingerprint density at radius 2 is 1.34 bits per heavy atom. The molecule has 0 aliphatic rings. The lowest BCUT2D eigenvalue weighted by Gasteiger charge is -2.30. The molecule has 0 aliphatic heterocycles. The molecule has 0 aromatic heterocycles. The second-order valence-corrected chi connectivity index (χ2v) is 5.91. The van der Waals surface area contributed by atoms with Crippen LogP contribution in [-0.4, -0.2) is 54.7 Å². The van der Waals surface area contributed by atoms with Crippen molar-refractivity contribution in [2.45, 2.75) is 46.0 Å². The maximum absolute atomic E-state index is 12.8. The summed E-state index contributed by atoms with van der Waals surface area (Å²) in [6, 6.07) is 8.25. The van der Waals surface area contributed by atoms with Crippen molar-refractivity contribution in [3.8, 4) is 0 Å². The molecule has 158 valence electrons. The Kier molecular flexibility index (Phi) is 9.30. The number of para-hydroxylation sites is 1. The van der Waals surface area contributed by atoms with Gasteiger partial charge in [-0.3, -0.25) is 24.0 Å². The topological polar surface area (TPSA) is 134 Å². The van der Waals surface area contributed by atoms with Gasteiger partial charge in [-0.1, -0.05) is 18.2 Å². The molecule has 0 saturated heterocycles. The lowest BCUT2D eigenvalue weighted by atomic mass is 10.1. The predicted molar refractivity (Wildman–Crippen MR) is 98.4 cm³/mol. The van der Waals surface area contributed by atoms with Crippen LogP contribution in [0.25, 0.3) is 0 Å². The van der Waals surface area contributed by atoms with Crippen molar-refractivity contribution >= 4 is 35.5 Å². The van der Waals surface area contributed by atoms with Crippen LogP contribution in [0.4, 0.5) is 5.69 Å². The van der Waals surface area contributed by atoms with Crippen LogP contribution in [-0.2, 0) is 42.9 Å². The Morgan fingerprint density at radius 1 is 0.793 bits per heavy atom. The standard InChI is InChI=1S/C19H23NO9/c1-11(21)26-10-16(27-12(2)22)17(28-13(3)23)18(29-14(4)24)19(25)20-15-8-6-5-7-9-15/h5-9,16-18H,10H2,1-4H3,(H,20,25)/t16-,17+,18+/m0/s1. The average Bonchev–Trinajstić information content (AvgIpc) is 2.61. The van der Waals surface area contributed by atoms with Crippen molar-refractivity contribution in [1.29, 1.82) is 0 Å². The Morgan fingerprint density at radius 3 is 1.83 bits per heavy atom. The van der Waals surface area contributed by atoms with Gasteiger partial charge in [0.15, 0.2) is 12.2 Å². The minimum atomic E-state index is -1.68. The first kappa shape index (κ1) is 23.6. The third-order valence-electron chi connectivity index (χ3n) is 3.33. The molecule has 0 unspecified atom stereocenters. The van der Waals surface area contributed by atoms with Crippen molar-refractivity contribution in [3.63, 3.8) is 0 Å². The number of rotatable bonds is 9. The van der Waals surface area contributed by atoms with E-state index in [-0.39, 0.29) is 0 Å². The van der Waals surface area contributed by atoms with Gasteiger partial charge >= 0.3 is 23.9 Å². The van der Waals surface area contributed by atoms with Crippen molar-refractivity contribution in [2.75, 3.05) is 11.9 Å². The molecular weight excluding hydrogens is 386 g/mol. The van der Waals surface area contributed by atoms with Crippen molar-refractivity contribution in [1.82, 2.24) is 0 Å². The van der Waals surface area contributed by atoms with Gasteiger partial charge in [0, 0.05) is 33.4 Å². The number of hydrogen-bond donors (Lipinski definition) is 1. The fourth-order valence-electron chi connectivity index (χ4n) is 2.32. The number of ether oxygens (including phenoxy) is 4. The largest absolute Gasteiger partial charge is 0.462 e.